The van der Waals surface area contributed by atoms with Gasteiger partial charge in [0.15, 0.2) is 0 Å². The largest absolute Gasteiger partial charge is 0.463 e. The predicted molar refractivity (Wildman–Crippen MR) is 76.7 cm³/mol. The molecule has 2 rings (SSSR count). The van der Waals surface area contributed by atoms with Gasteiger partial charge in [-0.15, -0.1) is 0 Å². The van der Waals surface area contributed by atoms with Crippen LogP contribution in [0.1, 0.15) is 40.7 Å². The van der Waals surface area contributed by atoms with Crippen LogP contribution in [0.15, 0.2) is 22.6 Å². The van der Waals surface area contributed by atoms with Gasteiger partial charge in [0.05, 0.1) is 12.8 Å². The summed E-state index contributed by atoms with van der Waals surface area (Å²) >= 11 is 0. The molecule has 0 aliphatic rings. The van der Waals surface area contributed by atoms with Gasteiger partial charge >= 0.3 is 5.97 Å². The number of esters is 1. The Morgan fingerprint density at radius 3 is 2.45 bits per heavy atom. The van der Waals surface area contributed by atoms with Gasteiger partial charge in [0.1, 0.15) is 0 Å². The van der Waals surface area contributed by atoms with Crippen molar-refractivity contribution >= 4 is 5.97 Å². The van der Waals surface area contributed by atoms with Gasteiger partial charge in [0.2, 0.25) is 11.7 Å². The van der Waals surface area contributed by atoms with Gasteiger partial charge in [-0.05, 0) is 32.4 Å². The molecule has 1 aromatic carbocycles. The Balaban J connectivity index is 2.49. The molecule has 0 radical (unpaired) electrons. The molecule has 0 atom stereocenters. The second kappa shape index (κ2) is 5.90. The molecule has 0 fully saturated rings. The highest BCUT2D eigenvalue weighted by Crippen LogP contribution is 2.25. The quantitative estimate of drug-likeness (QED) is 0.797. The maximum absolute atomic E-state index is 11.7. The Kier molecular flexibility index (Phi) is 4.23. The van der Waals surface area contributed by atoms with Gasteiger partial charge in [-0.2, -0.15) is 0 Å². The molecular weight excluding hydrogens is 254 g/mol. The van der Waals surface area contributed by atoms with Crippen LogP contribution in [0.4, 0.5) is 0 Å². The minimum atomic E-state index is -0.475. The summed E-state index contributed by atoms with van der Waals surface area (Å²) in [6.07, 6.45) is 1.58. The number of aromatic nitrogens is 1. The van der Waals surface area contributed by atoms with E-state index in [-0.39, 0.29) is 5.76 Å². The third-order valence-electron chi connectivity index (χ3n) is 3.02. The zero-order valence-electron chi connectivity index (χ0n) is 12.3. The summed E-state index contributed by atoms with van der Waals surface area (Å²) in [4.78, 5) is 16.2. The fourth-order valence-corrected chi connectivity index (χ4v) is 2.23. The first-order valence-corrected chi connectivity index (χ1v) is 6.71. The molecule has 1 heterocycles. The van der Waals surface area contributed by atoms with Crippen LogP contribution in [0, 0.1) is 13.8 Å². The van der Waals surface area contributed by atoms with Gasteiger partial charge in [0, 0.05) is 5.56 Å². The minimum absolute atomic E-state index is 0.212. The van der Waals surface area contributed by atoms with Crippen molar-refractivity contribution in [2.75, 3.05) is 7.11 Å². The lowest BCUT2D eigenvalue weighted by atomic mass is 10.1. The molecule has 0 saturated carbocycles. The van der Waals surface area contributed by atoms with Gasteiger partial charge in [-0.3, -0.25) is 0 Å². The number of ether oxygens (including phenoxy) is 1. The first kappa shape index (κ1) is 14.3. The third-order valence-corrected chi connectivity index (χ3v) is 3.02. The monoisotopic (exact) mass is 273 g/mol. The van der Waals surface area contributed by atoms with E-state index in [4.69, 9.17) is 9.15 Å². The predicted octanol–water partition coefficient (Wildman–Crippen LogP) is 3.70. The second-order valence-electron chi connectivity index (χ2n) is 4.91. The Morgan fingerprint density at radius 2 is 1.90 bits per heavy atom. The number of oxazole rings is 1. The number of aryl methyl sites for hydroxylation is 3. The number of carbonyl (C=O) groups excluding carboxylic acids is 1. The molecule has 0 spiro atoms. The van der Waals surface area contributed by atoms with Gasteiger partial charge in [-0.1, -0.05) is 30.5 Å². The summed E-state index contributed by atoms with van der Waals surface area (Å²) in [5.74, 6) is 0.209. The van der Waals surface area contributed by atoms with Crippen LogP contribution in [-0.2, 0) is 11.2 Å². The van der Waals surface area contributed by atoms with Crippen LogP contribution in [0.3, 0.4) is 0 Å². The molecule has 2 aromatic rings. The Labute approximate surface area is 118 Å². The molecule has 4 heteroatoms. The van der Waals surface area contributed by atoms with E-state index in [1.807, 2.05) is 32.9 Å². The minimum Gasteiger partial charge on any atom is -0.463 e. The number of benzene rings is 1. The highest BCUT2D eigenvalue weighted by molar-refractivity contribution is 5.88. The number of hydrogen-bond donors (Lipinski definition) is 0. The fourth-order valence-electron chi connectivity index (χ4n) is 2.23. The van der Waals surface area contributed by atoms with Crippen LogP contribution < -0.4 is 0 Å². The van der Waals surface area contributed by atoms with E-state index in [2.05, 4.69) is 11.1 Å². The molecule has 0 saturated heterocycles. The Morgan fingerprint density at radius 1 is 1.25 bits per heavy atom. The van der Waals surface area contributed by atoms with Crippen LogP contribution >= 0.6 is 0 Å². The maximum atomic E-state index is 11.7. The summed E-state index contributed by atoms with van der Waals surface area (Å²) in [6, 6.07) is 6.08. The van der Waals surface area contributed by atoms with E-state index in [1.165, 1.54) is 7.11 Å². The standard InChI is InChI=1S/C16H19NO3/c1-5-6-13-14(16(18)19-4)20-15(17-13)12-8-10(2)7-11(3)9-12/h7-9H,5-6H2,1-4H3. The summed E-state index contributed by atoms with van der Waals surface area (Å²) in [7, 11) is 1.34. The number of methoxy groups -OCH3 is 1. The van der Waals surface area contributed by atoms with E-state index in [0.29, 0.717) is 18.0 Å². The lowest BCUT2D eigenvalue weighted by Crippen LogP contribution is -2.03. The first-order chi connectivity index (χ1) is 9.55. The van der Waals surface area contributed by atoms with Crippen molar-refractivity contribution in [3.63, 3.8) is 0 Å². The van der Waals surface area contributed by atoms with Crippen molar-refractivity contribution in [3.8, 4) is 11.5 Å². The third kappa shape index (κ3) is 2.90. The topological polar surface area (TPSA) is 52.3 Å². The fraction of sp³-hybridized carbons (Fsp3) is 0.375. The molecule has 0 aliphatic carbocycles. The Bertz CT molecular complexity index is 608. The second-order valence-corrected chi connectivity index (χ2v) is 4.91. The molecule has 20 heavy (non-hydrogen) atoms. The molecule has 106 valence electrons. The van der Waals surface area contributed by atoms with Gasteiger partial charge < -0.3 is 9.15 Å². The van der Waals surface area contributed by atoms with E-state index in [1.54, 1.807) is 0 Å². The molecule has 4 nitrogen and oxygen atoms in total. The van der Waals surface area contributed by atoms with E-state index >= 15 is 0 Å². The number of nitrogens with zero attached hydrogens (tertiary/aromatic N) is 1. The molecule has 1 aromatic heterocycles. The summed E-state index contributed by atoms with van der Waals surface area (Å²) in [6.45, 7) is 6.08. The maximum Gasteiger partial charge on any atom is 0.376 e. The molecule has 0 bridgehead atoms. The van der Waals surface area contributed by atoms with E-state index in [0.717, 1.165) is 23.1 Å². The van der Waals surface area contributed by atoms with E-state index in [9.17, 15) is 4.79 Å². The summed E-state index contributed by atoms with van der Waals surface area (Å²) < 4.78 is 10.4. The average Bonchev–Trinajstić information content (AvgIpc) is 2.81. The van der Waals surface area contributed by atoms with Gasteiger partial charge in [-0.25, -0.2) is 9.78 Å². The smallest absolute Gasteiger partial charge is 0.376 e. The molecule has 0 amide bonds. The van der Waals surface area contributed by atoms with Crippen molar-refractivity contribution in [3.05, 3.63) is 40.8 Å². The highest BCUT2D eigenvalue weighted by atomic mass is 16.5. The van der Waals surface area contributed by atoms with Crippen LogP contribution in [0.2, 0.25) is 0 Å². The van der Waals surface area contributed by atoms with Crippen LogP contribution in [0.5, 0.6) is 0 Å². The first-order valence-electron chi connectivity index (χ1n) is 6.71. The summed E-state index contributed by atoms with van der Waals surface area (Å²) in [5, 5.41) is 0. The lowest BCUT2D eigenvalue weighted by molar-refractivity contribution is 0.0564. The molecule has 0 unspecified atom stereocenters. The average molecular weight is 273 g/mol. The number of hydrogen-bond acceptors (Lipinski definition) is 4. The van der Waals surface area contributed by atoms with Crippen molar-refractivity contribution in [1.29, 1.82) is 0 Å². The zero-order chi connectivity index (χ0) is 14.7. The lowest BCUT2D eigenvalue weighted by Gasteiger charge is -2.00. The SMILES string of the molecule is CCCc1nc(-c2cc(C)cc(C)c2)oc1C(=O)OC. The van der Waals surface area contributed by atoms with Crippen molar-refractivity contribution in [2.45, 2.75) is 33.6 Å². The number of rotatable bonds is 4. The molecular formula is C16H19NO3. The Hall–Kier alpha value is -2.10. The molecule has 0 aliphatic heterocycles. The zero-order valence-corrected chi connectivity index (χ0v) is 12.3. The van der Waals surface area contributed by atoms with Gasteiger partial charge in [0.25, 0.3) is 0 Å². The highest BCUT2D eigenvalue weighted by Gasteiger charge is 2.21. The molecule has 0 N–H and O–H groups in total. The van der Waals surface area contributed by atoms with Crippen molar-refractivity contribution < 1.29 is 13.9 Å². The van der Waals surface area contributed by atoms with Crippen LogP contribution in [-0.4, -0.2) is 18.1 Å². The van der Waals surface area contributed by atoms with E-state index < -0.39 is 5.97 Å². The number of carbonyl (C=O) groups is 1. The summed E-state index contributed by atoms with van der Waals surface area (Å²) in [5.41, 5.74) is 3.81. The van der Waals surface area contributed by atoms with Crippen LogP contribution in [0.25, 0.3) is 11.5 Å². The van der Waals surface area contributed by atoms with Crippen molar-refractivity contribution in [1.82, 2.24) is 4.98 Å². The normalized spacial score (nSPS) is 10.6. The van der Waals surface area contributed by atoms with Crippen molar-refractivity contribution in [2.24, 2.45) is 0 Å².